The molecule has 1 heterocycles. The molecule has 25 heavy (non-hydrogen) atoms. The number of benzene rings is 1. The minimum atomic E-state index is -1.78. The van der Waals surface area contributed by atoms with Gasteiger partial charge in [0.1, 0.15) is 0 Å². The average molecular weight is 405 g/mol. The fourth-order valence-corrected chi connectivity index (χ4v) is 17.0. The molecule has 2 atom stereocenters. The number of unbranched alkanes of at least 4 members (excludes halogenated alkanes) is 3. The van der Waals surface area contributed by atoms with E-state index in [9.17, 15) is 0 Å². The first kappa shape index (κ1) is 21.0. The van der Waals surface area contributed by atoms with E-state index in [2.05, 4.69) is 51.1 Å². The average Bonchev–Trinajstić information content (AvgIpc) is 3.12. The molecule has 1 saturated heterocycles. The summed E-state index contributed by atoms with van der Waals surface area (Å²) in [7, 11) is 0. The van der Waals surface area contributed by atoms with Gasteiger partial charge in [0.25, 0.3) is 0 Å². The van der Waals surface area contributed by atoms with Crippen molar-refractivity contribution >= 4 is 13.3 Å². The van der Waals surface area contributed by atoms with E-state index >= 15 is 0 Å². The molecule has 2 heteroatoms. The first-order chi connectivity index (χ1) is 12.2. The van der Waals surface area contributed by atoms with Gasteiger partial charge in [0.15, 0.2) is 0 Å². The molecule has 1 fully saturated rings. The second kappa shape index (κ2) is 11.4. The van der Waals surface area contributed by atoms with Gasteiger partial charge in [-0.25, -0.2) is 0 Å². The molecular weight excluding hydrogens is 365 g/mol. The summed E-state index contributed by atoms with van der Waals surface area (Å²) in [4.78, 5) is 0. The van der Waals surface area contributed by atoms with E-state index in [1.165, 1.54) is 62.2 Å². The van der Waals surface area contributed by atoms with E-state index in [0.717, 1.165) is 0 Å². The van der Waals surface area contributed by atoms with Crippen molar-refractivity contribution in [3.05, 3.63) is 35.9 Å². The Morgan fingerprint density at radius 3 is 1.92 bits per heavy atom. The Morgan fingerprint density at radius 2 is 1.40 bits per heavy atom. The van der Waals surface area contributed by atoms with Crippen LogP contribution in [-0.2, 0) is 4.74 Å². The summed E-state index contributed by atoms with van der Waals surface area (Å²) in [6.07, 6.45) is 11.9. The quantitative estimate of drug-likeness (QED) is 0.323. The molecule has 142 valence electrons. The van der Waals surface area contributed by atoms with Crippen LogP contribution in [0.5, 0.6) is 0 Å². The van der Waals surface area contributed by atoms with Gasteiger partial charge in [0.05, 0.1) is 0 Å². The fraction of sp³-hybridized carbons (Fsp3) is 0.739. The van der Waals surface area contributed by atoms with Crippen molar-refractivity contribution in [3.8, 4) is 0 Å². The molecule has 0 saturated carbocycles. The van der Waals surface area contributed by atoms with Gasteiger partial charge < -0.3 is 0 Å². The first-order valence-corrected chi connectivity index (χ1v) is 16.9. The number of hydrogen-bond acceptors (Lipinski definition) is 1. The predicted octanol–water partition coefficient (Wildman–Crippen LogP) is 7.76. The number of hydrogen-bond donors (Lipinski definition) is 0. The third-order valence-corrected chi connectivity index (χ3v) is 17.8. The Bertz CT molecular complexity index is 437. The molecule has 0 bridgehead atoms. The van der Waals surface area contributed by atoms with Crippen LogP contribution >= 0.6 is 0 Å². The molecule has 0 amide bonds. The van der Waals surface area contributed by atoms with Crippen molar-refractivity contribution in [1.82, 2.24) is 0 Å². The first-order valence-electron chi connectivity index (χ1n) is 10.9. The molecule has 0 aromatic heterocycles. The van der Waals surface area contributed by atoms with E-state index in [0.29, 0.717) is 12.2 Å². The fourth-order valence-electron chi connectivity index (χ4n) is 4.59. The van der Waals surface area contributed by atoms with Crippen LogP contribution in [0.2, 0.25) is 21.0 Å². The molecule has 0 aliphatic carbocycles. The van der Waals surface area contributed by atoms with E-state index in [1.54, 1.807) is 15.8 Å². The van der Waals surface area contributed by atoms with Crippen LogP contribution in [0.3, 0.4) is 0 Å². The van der Waals surface area contributed by atoms with Crippen molar-refractivity contribution in [2.45, 2.75) is 105 Å². The zero-order chi connectivity index (χ0) is 18.0. The van der Waals surface area contributed by atoms with Crippen molar-refractivity contribution in [2.24, 2.45) is 0 Å². The summed E-state index contributed by atoms with van der Waals surface area (Å²) < 4.78 is 6.59. The monoisotopic (exact) mass is 406 g/mol. The van der Waals surface area contributed by atoms with E-state index in [-0.39, 0.29) is 0 Å². The summed E-state index contributed by atoms with van der Waals surface area (Å²) in [6.45, 7) is 7.10. The second-order valence-electron chi connectivity index (χ2n) is 8.25. The van der Waals surface area contributed by atoms with Crippen LogP contribution in [0.4, 0.5) is 0 Å². The van der Waals surface area contributed by atoms with Gasteiger partial charge in [0, 0.05) is 0 Å². The molecule has 0 spiro atoms. The Balaban J connectivity index is 2.01. The topological polar surface area (TPSA) is 9.23 Å². The third-order valence-electron chi connectivity index (χ3n) is 6.12. The summed E-state index contributed by atoms with van der Waals surface area (Å²) in [5.74, 6) is 0. The Kier molecular flexibility index (Phi) is 9.62. The molecule has 1 aromatic rings. The van der Waals surface area contributed by atoms with Crippen molar-refractivity contribution in [1.29, 1.82) is 0 Å². The normalized spacial score (nSPS) is 20.9. The van der Waals surface area contributed by atoms with Crippen LogP contribution in [0, 0.1) is 0 Å². The Labute approximate surface area is 159 Å². The Morgan fingerprint density at radius 1 is 0.840 bits per heavy atom. The van der Waals surface area contributed by atoms with Gasteiger partial charge in [-0.1, -0.05) is 0 Å². The summed E-state index contributed by atoms with van der Waals surface area (Å²) >= 11 is -1.78. The maximum absolute atomic E-state index is 6.59. The number of rotatable bonds is 12. The summed E-state index contributed by atoms with van der Waals surface area (Å²) in [5.41, 5.74) is 1.39. The van der Waals surface area contributed by atoms with Crippen LogP contribution in [0.15, 0.2) is 30.3 Å². The third kappa shape index (κ3) is 6.75. The van der Waals surface area contributed by atoms with Gasteiger partial charge in [0.2, 0.25) is 0 Å². The van der Waals surface area contributed by atoms with Crippen molar-refractivity contribution < 1.29 is 4.74 Å². The molecule has 1 aliphatic heterocycles. The minimum absolute atomic E-state index is 0.356. The standard InChI is InChI=1S/C23H40GeO/c1-4-7-17-24(18-8-5-2,19-9-6-3)20-22-15-16-23(25-22)21-13-11-10-12-14-21/h10-14,22-23H,4-9,15-20H2,1-3H3/t22-,23+/m1/s1. The molecule has 1 aromatic carbocycles. The van der Waals surface area contributed by atoms with Crippen LogP contribution < -0.4 is 0 Å². The van der Waals surface area contributed by atoms with Crippen molar-refractivity contribution in [2.75, 3.05) is 0 Å². The van der Waals surface area contributed by atoms with Crippen LogP contribution in [-0.4, -0.2) is 19.4 Å². The number of ether oxygens (including phenoxy) is 1. The van der Waals surface area contributed by atoms with E-state index < -0.39 is 13.3 Å². The zero-order valence-corrected chi connectivity index (χ0v) is 19.0. The maximum atomic E-state index is 6.59. The molecular formula is C23H40GeO. The Hall–Kier alpha value is -0.277. The SMILES string of the molecule is CCC[CH2][Ge]([CH2]CCC)([CH2]CCC)[CH2][C@H]1CC[C@@H](c2ccccc2)O1. The van der Waals surface area contributed by atoms with E-state index in [4.69, 9.17) is 4.74 Å². The summed E-state index contributed by atoms with van der Waals surface area (Å²) in [5, 5.41) is 6.24. The summed E-state index contributed by atoms with van der Waals surface area (Å²) in [6, 6.07) is 10.9. The van der Waals surface area contributed by atoms with Crippen LogP contribution in [0.25, 0.3) is 0 Å². The van der Waals surface area contributed by atoms with Crippen molar-refractivity contribution in [3.63, 3.8) is 0 Å². The molecule has 1 aliphatic rings. The van der Waals surface area contributed by atoms with Gasteiger partial charge >= 0.3 is 159 Å². The van der Waals surface area contributed by atoms with Gasteiger partial charge in [-0.15, -0.1) is 0 Å². The van der Waals surface area contributed by atoms with Crippen LogP contribution in [0.1, 0.15) is 83.8 Å². The molecule has 0 radical (unpaired) electrons. The van der Waals surface area contributed by atoms with E-state index in [1.807, 2.05) is 0 Å². The molecule has 0 N–H and O–H groups in total. The van der Waals surface area contributed by atoms with Gasteiger partial charge in [-0.3, -0.25) is 0 Å². The second-order valence-corrected chi connectivity index (χ2v) is 18.5. The van der Waals surface area contributed by atoms with Gasteiger partial charge in [-0.2, -0.15) is 0 Å². The predicted molar refractivity (Wildman–Crippen MR) is 113 cm³/mol. The molecule has 0 unspecified atom stereocenters. The van der Waals surface area contributed by atoms with Gasteiger partial charge in [-0.05, 0) is 0 Å². The zero-order valence-electron chi connectivity index (χ0n) is 16.9. The molecule has 1 nitrogen and oxygen atoms in total. The molecule has 2 rings (SSSR count).